The van der Waals surface area contributed by atoms with E-state index in [-0.39, 0.29) is 29.1 Å². The van der Waals surface area contributed by atoms with Crippen LogP contribution in [0.2, 0.25) is 0 Å². The van der Waals surface area contributed by atoms with E-state index < -0.39 is 11.0 Å². The van der Waals surface area contributed by atoms with Crippen molar-refractivity contribution in [3.05, 3.63) is 88.0 Å². The Morgan fingerprint density at radius 3 is 2.41 bits per heavy atom. The van der Waals surface area contributed by atoms with Crippen molar-refractivity contribution in [3.8, 4) is 17.6 Å². The number of aliphatic hydroxyl groups is 1. The van der Waals surface area contributed by atoms with Gasteiger partial charge in [-0.2, -0.15) is 0 Å². The van der Waals surface area contributed by atoms with Gasteiger partial charge in [-0.1, -0.05) is 63.8 Å². The number of benzene rings is 2. The lowest BCUT2D eigenvalue weighted by Crippen LogP contribution is -2.48. The number of methoxy groups -OCH3 is 1. The van der Waals surface area contributed by atoms with Crippen molar-refractivity contribution in [2.45, 2.75) is 83.3 Å². The fourth-order valence-corrected chi connectivity index (χ4v) is 7.76. The van der Waals surface area contributed by atoms with Crippen molar-refractivity contribution in [2.24, 2.45) is 17.3 Å². The third kappa shape index (κ3) is 4.88. The first-order chi connectivity index (χ1) is 19.5. The van der Waals surface area contributed by atoms with Crippen LogP contribution in [0.5, 0.6) is 5.75 Å². The zero-order valence-corrected chi connectivity index (χ0v) is 25.0. The van der Waals surface area contributed by atoms with E-state index in [1.165, 1.54) is 22.3 Å². The first kappa shape index (κ1) is 28.0. The maximum absolute atomic E-state index is 12.4. The van der Waals surface area contributed by atoms with Crippen molar-refractivity contribution in [1.29, 1.82) is 0 Å². The predicted octanol–water partition coefficient (Wildman–Crippen LogP) is 7.26. The summed E-state index contributed by atoms with van der Waals surface area (Å²) in [4.78, 5) is 12.4. The van der Waals surface area contributed by atoms with Crippen molar-refractivity contribution < 1.29 is 19.4 Å². The molecule has 6 rings (SSSR count). The number of hydrogen-bond donors (Lipinski definition) is 1. The summed E-state index contributed by atoms with van der Waals surface area (Å²) in [5.41, 5.74) is 5.52. The van der Waals surface area contributed by atoms with E-state index in [0.29, 0.717) is 19.4 Å². The Labute approximate surface area is 244 Å². The molecule has 3 aliphatic carbocycles. The molecule has 2 unspecified atom stereocenters. The van der Waals surface area contributed by atoms with Crippen molar-refractivity contribution >= 4 is 5.78 Å². The molecule has 4 aliphatic rings. The minimum atomic E-state index is -1.15. The standard InChI is InChI=1S/C37H42O4/c1-35(2,3)27-11-6-24(7-12-27)18-20-37(39)21-19-32-31-16-10-26-22-28(38)13-17-30(26)33(31)34(41-23-36(32,37)4)25-8-14-29(40-5)15-9-25/h6-9,11-12,14-15,22,31-32,34,39H,10,13,16-17,19,21,23H2,1-5H3/t31?,32?,34-,36-,37-/m0/s1. The summed E-state index contributed by atoms with van der Waals surface area (Å²) in [5.74, 6) is 8.26. The molecule has 2 aromatic carbocycles. The molecule has 0 bridgehead atoms. The molecule has 41 heavy (non-hydrogen) atoms. The van der Waals surface area contributed by atoms with Gasteiger partial charge in [0.05, 0.1) is 13.7 Å². The molecule has 4 heteroatoms. The van der Waals surface area contributed by atoms with Gasteiger partial charge < -0.3 is 14.6 Å². The van der Waals surface area contributed by atoms with E-state index in [2.05, 4.69) is 75.9 Å². The van der Waals surface area contributed by atoms with Crippen LogP contribution in [0.15, 0.2) is 71.3 Å². The normalized spacial score (nSPS) is 31.2. The molecule has 2 aromatic rings. The Morgan fingerprint density at radius 2 is 1.73 bits per heavy atom. The van der Waals surface area contributed by atoms with Crippen molar-refractivity contribution in [1.82, 2.24) is 0 Å². The zero-order valence-electron chi connectivity index (χ0n) is 25.0. The Hall–Kier alpha value is -3.13. The molecule has 1 aliphatic heterocycles. The number of fused-ring (bicyclic) bond motifs is 4. The highest BCUT2D eigenvalue weighted by Crippen LogP contribution is 2.61. The van der Waals surface area contributed by atoms with E-state index >= 15 is 0 Å². The van der Waals surface area contributed by atoms with Crippen LogP contribution in [0.1, 0.15) is 89.0 Å². The molecule has 0 aromatic heterocycles. The van der Waals surface area contributed by atoms with E-state index in [0.717, 1.165) is 42.6 Å². The molecule has 0 spiro atoms. The van der Waals surface area contributed by atoms with Gasteiger partial charge in [0.15, 0.2) is 5.78 Å². The largest absolute Gasteiger partial charge is 0.497 e. The Bertz CT molecular complexity index is 1460. The highest BCUT2D eigenvalue weighted by molar-refractivity contribution is 5.93. The van der Waals surface area contributed by atoms with E-state index in [4.69, 9.17) is 9.47 Å². The highest BCUT2D eigenvalue weighted by atomic mass is 16.5. The van der Waals surface area contributed by atoms with Crippen LogP contribution in [-0.2, 0) is 14.9 Å². The molecule has 214 valence electrons. The number of ether oxygens (including phenoxy) is 2. The molecule has 5 atom stereocenters. The summed E-state index contributed by atoms with van der Waals surface area (Å²) in [6.45, 7) is 9.24. The van der Waals surface area contributed by atoms with Crippen LogP contribution < -0.4 is 4.74 Å². The fourth-order valence-electron chi connectivity index (χ4n) is 7.76. The van der Waals surface area contributed by atoms with Crippen LogP contribution in [0.4, 0.5) is 0 Å². The van der Waals surface area contributed by atoms with Crippen LogP contribution in [0.25, 0.3) is 0 Å². The first-order valence-corrected chi connectivity index (χ1v) is 15.1. The van der Waals surface area contributed by atoms with Gasteiger partial charge in [-0.05, 0) is 108 Å². The molecule has 0 amide bonds. The fraction of sp³-hybridized carbons (Fsp3) is 0.486. The van der Waals surface area contributed by atoms with E-state index in [1.807, 2.05) is 18.2 Å². The summed E-state index contributed by atoms with van der Waals surface area (Å²) in [7, 11) is 1.68. The van der Waals surface area contributed by atoms with Crippen LogP contribution in [-0.4, -0.2) is 30.2 Å². The van der Waals surface area contributed by atoms with Gasteiger partial charge in [-0.3, -0.25) is 4.79 Å². The van der Waals surface area contributed by atoms with Crippen LogP contribution >= 0.6 is 0 Å². The van der Waals surface area contributed by atoms with E-state index in [9.17, 15) is 9.90 Å². The maximum atomic E-state index is 12.4. The lowest BCUT2D eigenvalue weighted by molar-refractivity contribution is -0.114. The van der Waals surface area contributed by atoms with Crippen molar-refractivity contribution in [3.63, 3.8) is 0 Å². The smallest absolute Gasteiger partial charge is 0.156 e. The summed E-state index contributed by atoms with van der Waals surface area (Å²) in [6.07, 6.45) is 6.38. The minimum absolute atomic E-state index is 0.0846. The van der Waals surface area contributed by atoms with Gasteiger partial charge in [-0.15, -0.1) is 0 Å². The lowest BCUT2D eigenvalue weighted by atomic mass is 9.61. The number of rotatable bonds is 2. The zero-order chi connectivity index (χ0) is 29.0. The number of carbonyl (C=O) groups is 1. The number of hydrogen-bond acceptors (Lipinski definition) is 4. The van der Waals surface area contributed by atoms with Gasteiger partial charge in [0.2, 0.25) is 0 Å². The maximum Gasteiger partial charge on any atom is 0.156 e. The third-order valence-corrected chi connectivity index (χ3v) is 10.3. The molecule has 0 radical (unpaired) electrons. The van der Waals surface area contributed by atoms with Crippen LogP contribution in [0, 0.1) is 29.1 Å². The SMILES string of the molecule is COc1ccc([C@@H]2OC[C@@]3(C)C(CC[C@@]3(O)C#Cc3ccc(C(C)(C)C)cc3)C3CCC4=CC(=O)CCC4=C32)cc1. The summed E-state index contributed by atoms with van der Waals surface area (Å²) >= 11 is 0. The number of allylic oxidation sites excluding steroid dienone is 3. The summed E-state index contributed by atoms with van der Waals surface area (Å²) in [6, 6.07) is 16.6. The predicted molar refractivity (Wildman–Crippen MR) is 162 cm³/mol. The Balaban J connectivity index is 1.40. The monoisotopic (exact) mass is 550 g/mol. The molecule has 1 saturated heterocycles. The number of ketones is 1. The second kappa shape index (κ2) is 10.3. The molecule has 4 nitrogen and oxygen atoms in total. The van der Waals surface area contributed by atoms with Gasteiger partial charge >= 0.3 is 0 Å². The van der Waals surface area contributed by atoms with Gasteiger partial charge in [0.25, 0.3) is 0 Å². The van der Waals surface area contributed by atoms with E-state index in [1.54, 1.807) is 7.11 Å². The third-order valence-electron chi connectivity index (χ3n) is 10.3. The van der Waals surface area contributed by atoms with Gasteiger partial charge in [0.1, 0.15) is 17.5 Å². The molecule has 1 saturated carbocycles. The number of carbonyl (C=O) groups excluding carboxylic acids is 1. The lowest BCUT2D eigenvalue weighted by Gasteiger charge is -2.42. The topological polar surface area (TPSA) is 55.8 Å². The first-order valence-electron chi connectivity index (χ1n) is 15.1. The van der Waals surface area contributed by atoms with Crippen molar-refractivity contribution in [2.75, 3.05) is 13.7 Å². The minimum Gasteiger partial charge on any atom is -0.497 e. The highest BCUT2D eigenvalue weighted by Gasteiger charge is 2.61. The average Bonchev–Trinajstić information content (AvgIpc) is 3.13. The summed E-state index contributed by atoms with van der Waals surface area (Å²) < 4.78 is 12.3. The average molecular weight is 551 g/mol. The second-order valence-electron chi connectivity index (χ2n) is 13.7. The van der Waals surface area contributed by atoms with Crippen LogP contribution in [0.3, 0.4) is 0 Å². The summed E-state index contributed by atoms with van der Waals surface area (Å²) in [5, 5.41) is 12.3. The quantitative estimate of drug-likeness (QED) is 0.400. The van der Waals surface area contributed by atoms with Gasteiger partial charge in [0, 0.05) is 17.4 Å². The molecular formula is C37H42O4. The Morgan fingerprint density at radius 1 is 1.00 bits per heavy atom. The molecule has 1 heterocycles. The second-order valence-corrected chi connectivity index (χ2v) is 13.7. The molecule has 1 N–H and O–H groups in total. The van der Waals surface area contributed by atoms with Gasteiger partial charge in [-0.25, -0.2) is 0 Å². The molecular weight excluding hydrogens is 508 g/mol. The Kier molecular flexibility index (Phi) is 7.04. The molecule has 2 fully saturated rings.